The zero-order valence-corrected chi connectivity index (χ0v) is 28.3. The molecule has 1 aliphatic carbocycles. The molecule has 8 nitrogen and oxygen atoms in total. The first-order valence-corrected chi connectivity index (χ1v) is 17.9. The molecule has 242 valence electrons. The zero-order valence-electron chi connectivity index (χ0n) is 25.9. The third-order valence-electron chi connectivity index (χ3n) is 8.72. The maximum absolute atomic E-state index is 15.2. The highest BCUT2D eigenvalue weighted by Crippen LogP contribution is 2.37. The minimum atomic E-state index is -0.397. The maximum atomic E-state index is 15.2. The average molecular weight is 680 g/mol. The second-order valence-corrected chi connectivity index (χ2v) is 14.0. The Balaban J connectivity index is 1.14. The van der Waals surface area contributed by atoms with Gasteiger partial charge in [0.2, 0.25) is 5.91 Å². The number of nitrogens with zero attached hydrogens (tertiary/aromatic N) is 5. The predicted molar refractivity (Wildman–Crippen MR) is 189 cm³/mol. The highest BCUT2D eigenvalue weighted by molar-refractivity contribution is 8.00. The van der Waals surface area contributed by atoms with Crippen molar-refractivity contribution in [3.8, 4) is 11.3 Å². The molecule has 1 saturated carbocycles. The molecule has 1 saturated heterocycles. The lowest BCUT2D eigenvalue weighted by atomic mass is 9.88. The molecule has 2 N–H and O–H groups in total. The lowest BCUT2D eigenvalue weighted by molar-refractivity contribution is -0.138. The van der Waals surface area contributed by atoms with Crippen LogP contribution in [0.4, 0.5) is 26.6 Å². The number of likely N-dealkylation sites (N-methyl/N-ethyl adjacent to an activating group) is 1. The monoisotopic (exact) mass is 679 g/mol. The second-order valence-electron chi connectivity index (χ2n) is 11.8. The van der Waals surface area contributed by atoms with Crippen LogP contribution in [-0.2, 0) is 4.79 Å². The molecule has 1 aliphatic heterocycles. The molecule has 46 heavy (non-hydrogen) atoms. The van der Waals surface area contributed by atoms with Gasteiger partial charge in [0.15, 0.2) is 5.13 Å². The van der Waals surface area contributed by atoms with Crippen molar-refractivity contribution in [2.75, 3.05) is 61.3 Å². The van der Waals surface area contributed by atoms with Crippen molar-refractivity contribution in [1.82, 2.24) is 19.8 Å². The topological polar surface area (TPSA) is 76.6 Å². The first kappa shape index (κ1) is 32.6. The summed E-state index contributed by atoms with van der Waals surface area (Å²) in [5.41, 5.74) is 3.98. The van der Waals surface area contributed by atoms with Crippen LogP contribution in [0.15, 0.2) is 71.2 Å². The van der Waals surface area contributed by atoms with Crippen LogP contribution >= 0.6 is 34.9 Å². The summed E-state index contributed by atoms with van der Waals surface area (Å²) in [5.74, 6) is 0.181. The molecule has 2 fully saturated rings. The normalized spacial score (nSPS) is 15.9. The van der Waals surface area contributed by atoms with Crippen LogP contribution < -0.4 is 14.9 Å². The van der Waals surface area contributed by atoms with Crippen LogP contribution in [-0.4, -0.2) is 72.0 Å². The van der Waals surface area contributed by atoms with Crippen LogP contribution in [0.2, 0.25) is 5.02 Å². The minimum absolute atomic E-state index is 0.222. The van der Waals surface area contributed by atoms with Crippen molar-refractivity contribution in [2.24, 2.45) is 5.92 Å². The number of rotatable bonds is 11. The van der Waals surface area contributed by atoms with Crippen molar-refractivity contribution in [3.63, 3.8) is 0 Å². The molecule has 0 spiro atoms. The quantitative estimate of drug-likeness (QED) is 0.154. The Bertz CT molecular complexity index is 1600. The van der Waals surface area contributed by atoms with Crippen LogP contribution in [0.5, 0.6) is 0 Å². The molecule has 4 aromatic rings. The Morgan fingerprint density at radius 1 is 1.07 bits per heavy atom. The molecule has 2 aromatic heterocycles. The highest BCUT2D eigenvalue weighted by atomic mass is 35.5. The van der Waals surface area contributed by atoms with Crippen molar-refractivity contribution < 1.29 is 9.18 Å². The number of aromatic nitrogens is 2. The molecule has 0 unspecified atom stereocenters. The molecular formula is C34H39ClFN7OS2. The molecule has 0 atom stereocenters. The van der Waals surface area contributed by atoms with E-state index >= 15 is 4.39 Å². The van der Waals surface area contributed by atoms with Crippen LogP contribution in [0.3, 0.4) is 0 Å². The predicted octanol–water partition coefficient (Wildman–Crippen LogP) is 8.02. The summed E-state index contributed by atoms with van der Waals surface area (Å²) in [5, 5.41) is 6.29. The summed E-state index contributed by atoms with van der Waals surface area (Å²) in [6.45, 7) is 4.95. The molecule has 6 rings (SSSR count). The smallest absolute Gasteiger partial charge is 0.225 e. The van der Waals surface area contributed by atoms with Gasteiger partial charge in [-0.3, -0.25) is 14.7 Å². The van der Waals surface area contributed by atoms with E-state index in [4.69, 9.17) is 16.6 Å². The van der Waals surface area contributed by atoms with Crippen LogP contribution in [0, 0.1) is 11.7 Å². The van der Waals surface area contributed by atoms with Gasteiger partial charge in [-0.25, -0.2) is 9.37 Å². The Morgan fingerprint density at radius 3 is 2.59 bits per heavy atom. The molecule has 12 heteroatoms. The summed E-state index contributed by atoms with van der Waals surface area (Å²) in [6.07, 6.45) is 9.18. The van der Waals surface area contributed by atoms with E-state index in [1.807, 2.05) is 35.7 Å². The highest BCUT2D eigenvalue weighted by Gasteiger charge is 2.28. The summed E-state index contributed by atoms with van der Waals surface area (Å²) >= 11 is 9.24. The van der Waals surface area contributed by atoms with Gasteiger partial charge in [0.1, 0.15) is 5.82 Å². The molecular weight excluding hydrogens is 641 g/mol. The SMILES string of the molecule is CN(CCN1CCN(C(=O)C2CCCCC2)CC1)c1cc(-c2ccccc2)ncc1Nc1cc(F)c(SNc2nccs2)cc1Cl. The van der Waals surface area contributed by atoms with Gasteiger partial charge in [0, 0.05) is 75.4 Å². The van der Waals surface area contributed by atoms with Gasteiger partial charge in [0.05, 0.1) is 38.9 Å². The van der Waals surface area contributed by atoms with E-state index in [0.717, 1.165) is 86.7 Å². The summed E-state index contributed by atoms with van der Waals surface area (Å²) in [6, 6.07) is 15.1. The number of halogens is 2. The number of pyridine rings is 1. The summed E-state index contributed by atoms with van der Waals surface area (Å²) in [7, 11) is 2.06. The first-order valence-electron chi connectivity index (χ1n) is 15.8. The van der Waals surface area contributed by atoms with Crippen molar-refractivity contribution in [3.05, 3.63) is 77.1 Å². The van der Waals surface area contributed by atoms with E-state index in [-0.39, 0.29) is 5.92 Å². The lowest BCUT2D eigenvalue weighted by Crippen LogP contribution is -2.51. The molecule has 3 heterocycles. The molecule has 0 radical (unpaired) electrons. The number of benzene rings is 2. The number of carbonyl (C=O) groups is 1. The standard InChI is InChI=1S/C34H39ClFN7OS2/c1-41(13-14-42-15-17-43(18-16-42)33(44)25-10-6-3-7-11-25)31-22-28(24-8-4-2-5-9-24)38-23-30(31)39-29-21-27(36)32(20-26(29)35)46-40-34-37-12-19-45-34/h2,4-5,8-9,12,19-23,25,39H,3,6-7,10-11,13-18H2,1H3,(H,37,40). The van der Waals surface area contributed by atoms with E-state index < -0.39 is 5.82 Å². The number of nitrogens with one attached hydrogen (secondary N) is 2. The lowest BCUT2D eigenvalue weighted by Gasteiger charge is -2.38. The number of anilines is 4. The van der Waals surface area contributed by atoms with Gasteiger partial charge in [-0.15, -0.1) is 11.3 Å². The number of amides is 1. The van der Waals surface area contributed by atoms with E-state index in [2.05, 4.69) is 42.8 Å². The number of thiazole rings is 1. The Labute approximate surface area is 283 Å². The Hall–Kier alpha value is -3.38. The zero-order chi connectivity index (χ0) is 31.9. The number of carbonyl (C=O) groups excluding carboxylic acids is 1. The van der Waals surface area contributed by atoms with E-state index in [0.29, 0.717) is 26.6 Å². The summed E-state index contributed by atoms with van der Waals surface area (Å²) in [4.78, 5) is 29.0. The fourth-order valence-corrected chi connectivity index (χ4v) is 7.60. The average Bonchev–Trinajstić information content (AvgIpc) is 3.63. The fraction of sp³-hybridized carbons (Fsp3) is 0.382. The van der Waals surface area contributed by atoms with E-state index in [1.54, 1.807) is 18.5 Å². The Kier molecular flexibility index (Phi) is 11.0. The van der Waals surface area contributed by atoms with E-state index in [1.165, 1.54) is 36.7 Å². The number of hydrogen-bond acceptors (Lipinski definition) is 9. The minimum Gasteiger partial charge on any atom is -0.372 e. The number of hydrogen-bond donors (Lipinski definition) is 2. The van der Waals surface area contributed by atoms with Crippen molar-refractivity contribution in [1.29, 1.82) is 0 Å². The van der Waals surface area contributed by atoms with Gasteiger partial charge in [-0.2, -0.15) is 0 Å². The van der Waals surface area contributed by atoms with E-state index in [9.17, 15) is 4.79 Å². The maximum Gasteiger partial charge on any atom is 0.225 e. The number of piperazine rings is 1. The summed E-state index contributed by atoms with van der Waals surface area (Å²) < 4.78 is 18.2. The van der Waals surface area contributed by atoms with Gasteiger partial charge in [-0.1, -0.05) is 61.2 Å². The second kappa shape index (κ2) is 15.5. The van der Waals surface area contributed by atoms with Gasteiger partial charge < -0.3 is 19.8 Å². The van der Waals surface area contributed by atoms with Gasteiger partial charge in [0.25, 0.3) is 0 Å². The molecule has 2 aromatic carbocycles. The molecule has 2 aliphatic rings. The first-order chi connectivity index (χ1) is 22.4. The van der Waals surface area contributed by atoms with Crippen LogP contribution in [0.1, 0.15) is 32.1 Å². The Morgan fingerprint density at radius 2 is 1.85 bits per heavy atom. The third-order valence-corrected chi connectivity index (χ3v) is 10.7. The van der Waals surface area contributed by atoms with Crippen molar-refractivity contribution in [2.45, 2.75) is 37.0 Å². The molecule has 0 bridgehead atoms. The van der Waals surface area contributed by atoms with Crippen LogP contribution in [0.25, 0.3) is 11.3 Å². The van der Waals surface area contributed by atoms with Gasteiger partial charge in [-0.05, 0) is 36.9 Å². The largest absolute Gasteiger partial charge is 0.372 e. The fourth-order valence-electron chi connectivity index (χ4n) is 6.06. The van der Waals surface area contributed by atoms with Crippen molar-refractivity contribution >= 4 is 63.0 Å². The third kappa shape index (κ3) is 8.12. The van der Waals surface area contributed by atoms with Gasteiger partial charge >= 0.3 is 0 Å². The molecule has 1 amide bonds.